The number of nitrogens with zero attached hydrogens (tertiary/aromatic N) is 2. The van der Waals surface area contributed by atoms with Crippen LogP contribution < -0.4 is 4.90 Å². The average molecular weight is 278 g/mol. The van der Waals surface area contributed by atoms with E-state index in [0.29, 0.717) is 5.88 Å². The molecule has 0 aliphatic carbocycles. The zero-order valence-electron chi connectivity index (χ0n) is 8.43. The van der Waals surface area contributed by atoms with Gasteiger partial charge in [-0.25, -0.2) is 4.98 Å². The van der Waals surface area contributed by atoms with E-state index in [2.05, 4.69) is 45.7 Å². The molecule has 0 saturated heterocycles. The summed E-state index contributed by atoms with van der Waals surface area (Å²) in [6.45, 7) is 5.93. The molecule has 0 radical (unpaired) electrons. The van der Waals surface area contributed by atoms with Crippen molar-refractivity contribution < 1.29 is 0 Å². The van der Waals surface area contributed by atoms with Gasteiger partial charge in [-0.3, -0.25) is 0 Å². The summed E-state index contributed by atoms with van der Waals surface area (Å²) < 4.78 is 1.04. The first kappa shape index (κ1) is 11.8. The molecule has 0 aromatic carbocycles. The first-order valence-electron chi connectivity index (χ1n) is 4.62. The zero-order valence-corrected chi connectivity index (χ0v) is 10.8. The van der Waals surface area contributed by atoms with Gasteiger partial charge in [0, 0.05) is 29.6 Å². The van der Waals surface area contributed by atoms with Gasteiger partial charge in [0.2, 0.25) is 0 Å². The van der Waals surface area contributed by atoms with Gasteiger partial charge in [0.05, 0.1) is 0 Å². The standard InChI is InChI=1S/C10H14BrClN2/c1-3-14(5-4-12)10-6-8(2)9(11)7-13-10/h6-7H,3-5H2,1-2H3. The van der Waals surface area contributed by atoms with E-state index < -0.39 is 0 Å². The van der Waals surface area contributed by atoms with E-state index in [9.17, 15) is 0 Å². The van der Waals surface area contributed by atoms with Crippen LogP contribution in [-0.4, -0.2) is 24.0 Å². The van der Waals surface area contributed by atoms with Crippen molar-refractivity contribution in [1.82, 2.24) is 4.98 Å². The van der Waals surface area contributed by atoms with Gasteiger partial charge in [-0.15, -0.1) is 11.6 Å². The van der Waals surface area contributed by atoms with E-state index in [0.717, 1.165) is 23.4 Å². The smallest absolute Gasteiger partial charge is 0.128 e. The summed E-state index contributed by atoms with van der Waals surface area (Å²) >= 11 is 9.15. The van der Waals surface area contributed by atoms with Crippen LogP contribution in [0.3, 0.4) is 0 Å². The summed E-state index contributed by atoms with van der Waals surface area (Å²) in [5, 5.41) is 0. The molecule has 2 nitrogen and oxygen atoms in total. The molecule has 0 unspecified atom stereocenters. The average Bonchev–Trinajstić information content (AvgIpc) is 2.19. The Bertz CT molecular complexity index is 304. The number of aromatic nitrogens is 1. The molecule has 0 saturated carbocycles. The topological polar surface area (TPSA) is 16.1 Å². The number of pyridine rings is 1. The Kier molecular flexibility index (Phi) is 4.69. The second-order valence-corrected chi connectivity index (χ2v) is 4.29. The summed E-state index contributed by atoms with van der Waals surface area (Å²) in [5.74, 6) is 1.62. The summed E-state index contributed by atoms with van der Waals surface area (Å²) in [5.41, 5.74) is 1.20. The van der Waals surface area contributed by atoms with Crippen molar-refractivity contribution in [3.63, 3.8) is 0 Å². The van der Waals surface area contributed by atoms with Crippen molar-refractivity contribution in [3.05, 3.63) is 22.3 Å². The Hall–Kier alpha value is -0.280. The van der Waals surface area contributed by atoms with Crippen LogP contribution in [0.2, 0.25) is 0 Å². The van der Waals surface area contributed by atoms with Crippen molar-refractivity contribution in [2.45, 2.75) is 13.8 Å². The van der Waals surface area contributed by atoms with Gasteiger partial charge in [0.1, 0.15) is 5.82 Å². The van der Waals surface area contributed by atoms with E-state index >= 15 is 0 Å². The summed E-state index contributed by atoms with van der Waals surface area (Å²) in [6, 6.07) is 2.07. The van der Waals surface area contributed by atoms with Crippen LogP contribution >= 0.6 is 27.5 Å². The van der Waals surface area contributed by atoms with Crippen LogP contribution in [0, 0.1) is 6.92 Å². The highest BCUT2D eigenvalue weighted by Crippen LogP contribution is 2.19. The third kappa shape index (κ3) is 2.85. The third-order valence-electron chi connectivity index (χ3n) is 2.09. The van der Waals surface area contributed by atoms with Gasteiger partial charge in [-0.05, 0) is 41.4 Å². The Morgan fingerprint density at radius 2 is 2.29 bits per heavy atom. The largest absolute Gasteiger partial charge is 0.356 e. The van der Waals surface area contributed by atoms with Gasteiger partial charge < -0.3 is 4.90 Å². The minimum atomic E-state index is 0.630. The molecule has 1 aromatic heterocycles. The van der Waals surface area contributed by atoms with E-state index in [1.165, 1.54) is 5.56 Å². The van der Waals surface area contributed by atoms with Crippen molar-refractivity contribution in [3.8, 4) is 0 Å². The number of aryl methyl sites for hydroxylation is 1. The maximum absolute atomic E-state index is 5.72. The Morgan fingerprint density at radius 1 is 1.57 bits per heavy atom. The van der Waals surface area contributed by atoms with Crippen LogP contribution in [0.1, 0.15) is 12.5 Å². The minimum Gasteiger partial charge on any atom is -0.356 e. The molecule has 78 valence electrons. The Labute approximate surface area is 98.4 Å². The number of halogens is 2. The van der Waals surface area contributed by atoms with Gasteiger partial charge >= 0.3 is 0 Å². The zero-order chi connectivity index (χ0) is 10.6. The van der Waals surface area contributed by atoms with E-state index in [-0.39, 0.29) is 0 Å². The van der Waals surface area contributed by atoms with Crippen molar-refractivity contribution in [2.24, 2.45) is 0 Å². The SMILES string of the molecule is CCN(CCCl)c1cc(C)c(Br)cn1. The molecule has 0 spiro atoms. The molecule has 0 aliphatic heterocycles. The highest BCUT2D eigenvalue weighted by atomic mass is 79.9. The normalized spacial score (nSPS) is 10.3. The predicted octanol–water partition coefficient (Wildman–Crippen LogP) is 3.22. The number of rotatable bonds is 4. The Balaban J connectivity index is 2.88. The number of anilines is 1. The van der Waals surface area contributed by atoms with Gasteiger partial charge in [-0.1, -0.05) is 0 Å². The summed E-state index contributed by atoms with van der Waals surface area (Å²) in [4.78, 5) is 6.51. The molecule has 0 atom stereocenters. The summed E-state index contributed by atoms with van der Waals surface area (Å²) in [6.07, 6.45) is 1.83. The van der Waals surface area contributed by atoms with Gasteiger partial charge in [-0.2, -0.15) is 0 Å². The number of hydrogen-bond acceptors (Lipinski definition) is 2. The van der Waals surface area contributed by atoms with E-state index in [1.54, 1.807) is 0 Å². The Morgan fingerprint density at radius 3 is 2.79 bits per heavy atom. The second kappa shape index (κ2) is 5.56. The van der Waals surface area contributed by atoms with Crippen LogP contribution in [-0.2, 0) is 0 Å². The maximum Gasteiger partial charge on any atom is 0.128 e. The first-order chi connectivity index (χ1) is 6.69. The lowest BCUT2D eigenvalue weighted by Gasteiger charge is -2.21. The molecule has 0 N–H and O–H groups in total. The maximum atomic E-state index is 5.72. The first-order valence-corrected chi connectivity index (χ1v) is 5.94. The quantitative estimate of drug-likeness (QED) is 0.786. The number of hydrogen-bond donors (Lipinski definition) is 0. The van der Waals surface area contributed by atoms with Crippen molar-refractivity contribution >= 4 is 33.3 Å². The van der Waals surface area contributed by atoms with Crippen LogP contribution in [0.4, 0.5) is 5.82 Å². The fourth-order valence-corrected chi connectivity index (χ4v) is 1.65. The highest BCUT2D eigenvalue weighted by molar-refractivity contribution is 9.10. The summed E-state index contributed by atoms with van der Waals surface area (Å²) in [7, 11) is 0. The molecule has 1 aromatic rings. The second-order valence-electron chi connectivity index (χ2n) is 3.06. The number of alkyl halides is 1. The lowest BCUT2D eigenvalue weighted by Crippen LogP contribution is -2.25. The fourth-order valence-electron chi connectivity index (χ4n) is 1.23. The molecule has 1 heterocycles. The van der Waals surface area contributed by atoms with E-state index in [1.807, 2.05) is 6.20 Å². The molecule has 0 fully saturated rings. The van der Waals surface area contributed by atoms with Crippen molar-refractivity contribution in [1.29, 1.82) is 0 Å². The predicted molar refractivity (Wildman–Crippen MR) is 65.3 cm³/mol. The molecular weight excluding hydrogens is 263 g/mol. The molecule has 1 rings (SSSR count). The monoisotopic (exact) mass is 276 g/mol. The highest BCUT2D eigenvalue weighted by Gasteiger charge is 2.05. The molecular formula is C10H14BrClN2. The lowest BCUT2D eigenvalue weighted by molar-refractivity contribution is 0.848. The van der Waals surface area contributed by atoms with Crippen LogP contribution in [0.5, 0.6) is 0 Å². The lowest BCUT2D eigenvalue weighted by atomic mass is 10.3. The van der Waals surface area contributed by atoms with Crippen molar-refractivity contribution in [2.75, 3.05) is 23.9 Å². The molecule has 4 heteroatoms. The fraction of sp³-hybridized carbons (Fsp3) is 0.500. The van der Waals surface area contributed by atoms with Gasteiger partial charge in [0.15, 0.2) is 0 Å². The van der Waals surface area contributed by atoms with Crippen LogP contribution in [0.25, 0.3) is 0 Å². The molecule has 0 aliphatic rings. The molecule has 14 heavy (non-hydrogen) atoms. The molecule has 0 amide bonds. The van der Waals surface area contributed by atoms with Crippen LogP contribution in [0.15, 0.2) is 16.7 Å². The minimum absolute atomic E-state index is 0.630. The third-order valence-corrected chi connectivity index (χ3v) is 3.09. The van der Waals surface area contributed by atoms with E-state index in [4.69, 9.17) is 11.6 Å². The molecule has 0 bridgehead atoms. The van der Waals surface area contributed by atoms with Gasteiger partial charge in [0.25, 0.3) is 0 Å².